The second kappa shape index (κ2) is 12.9. The first-order valence-corrected chi connectivity index (χ1v) is 15.7. The summed E-state index contributed by atoms with van der Waals surface area (Å²) >= 11 is 12.1. The normalized spacial score (nSPS) is 14.7. The maximum Gasteiger partial charge on any atom is 0.338 e. The fraction of sp³-hybridized carbons (Fsp3) is 0.167. The van der Waals surface area contributed by atoms with Crippen LogP contribution in [0.2, 0.25) is 5.02 Å². The number of carbonyl (C=O) groups excluding carboxylic acids is 1. The Kier molecular flexibility index (Phi) is 9.21. The molecule has 0 bridgehead atoms. The Morgan fingerprint density at radius 2 is 1.95 bits per heavy atom. The molecule has 9 nitrogen and oxygen atoms in total. The van der Waals surface area contributed by atoms with E-state index in [1.807, 2.05) is 12.1 Å². The van der Waals surface area contributed by atoms with Gasteiger partial charge in [-0.15, -0.1) is 0 Å². The molecule has 0 N–H and O–H groups in total. The van der Waals surface area contributed by atoms with Crippen molar-refractivity contribution in [1.82, 2.24) is 4.57 Å². The van der Waals surface area contributed by atoms with Gasteiger partial charge in [-0.25, -0.2) is 9.79 Å². The number of carbonyl (C=O) groups is 1. The van der Waals surface area contributed by atoms with Crippen LogP contribution in [0.25, 0.3) is 6.08 Å². The molecule has 0 spiro atoms. The van der Waals surface area contributed by atoms with Gasteiger partial charge >= 0.3 is 5.97 Å². The Morgan fingerprint density at radius 3 is 2.60 bits per heavy atom. The molecule has 5 rings (SSSR count). The summed E-state index contributed by atoms with van der Waals surface area (Å²) in [7, 11) is 1.55. The van der Waals surface area contributed by atoms with E-state index < -0.39 is 22.5 Å². The summed E-state index contributed by atoms with van der Waals surface area (Å²) in [5, 5.41) is 12.2. The molecule has 0 aliphatic carbocycles. The lowest BCUT2D eigenvalue weighted by molar-refractivity contribution is -0.384. The summed E-state index contributed by atoms with van der Waals surface area (Å²) in [5.74, 6) is 0.0150. The number of allylic oxidation sites excluding steroid dienone is 1. The molecular weight excluding hydrogens is 678 g/mol. The number of hydrogen-bond acceptors (Lipinski definition) is 9. The highest BCUT2D eigenvalue weighted by molar-refractivity contribution is 9.10. The topological polar surface area (TPSA) is 113 Å². The smallest absolute Gasteiger partial charge is 0.338 e. The molecule has 220 valence electrons. The molecule has 1 aromatic heterocycles. The summed E-state index contributed by atoms with van der Waals surface area (Å²) in [4.78, 5) is 45.0. The van der Waals surface area contributed by atoms with E-state index in [0.29, 0.717) is 46.3 Å². The van der Waals surface area contributed by atoms with Crippen molar-refractivity contribution in [2.45, 2.75) is 29.7 Å². The van der Waals surface area contributed by atoms with Gasteiger partial charge in [-0.3, -0.25) is 19.5 Å². The van der Waals surface area contributed by atoms with E-state index in [1.165, 1.54) is 28.5 Å². The Labute approximate surface area is 267 Å². The Bertz CT molecular complexity index is 1970. The largest absolute Gasteiger partial charge is 0.496 e. The number of benzene rings is 3. The molecule has 43 heavy (non-hydrogen) atoms. The van der Waals surface area contributed by atoms with Gasteiger partial charge in [-0.1, -0.05) is 40.8 Å². The number of thiazole rings is 1. The number of rotatable bonds is 8. The number of nitrogens with zero attached hydrogens (tertiary/aromatic N) is 3. The first kappa shape index (κ1) is 30.7. The number of methoxy groups -OCH3 is 1. The average Bonchev–Trinajstić information content (AvgIpc) is 3.28. The molecule has 2 heterocycles. The Hall–Kier alpha value is -3.71. The Morgan fingerprint density at radius 1 is 1.21 bits per heavy atom. The van der Waals surface area contributed by atoms with E-state index in [2.05, 4.69) is 20.9 Å². The van der Waals surface area contributed by atoms with Crippen LogP contribution in [0.15, 0.2) is 96.0 Å². The predicted octanol–water partition coefficient (Wildman–Crippen LogP) is 6.28. The molecule has 0 saturated heterocycles. The zero-order valence-corrected chi connectivity index (χ0v) is 27.0. The number of halogens is 2. The zero-order chi connectivity index (χ0) is 30.8. The lowest BCUT2D eigenvalue weighted by Gasteiger charge is -2.25. The van der Waals surface area contributed by atoms with Crippen molar-refractivity contribution < 1.29 is 19.2 Å². The van der Waals surface area contributed by atoms with Crippen molar-refractivity contribution in [3.05, 3.63) is 122 Å². The van der Waals surface area contributed by atoms with Gasteiger partial charge in [-0.05, 0) is 89.4 Å². The van der Waals surface area contributed by atoms with Crippen molar-refractivity contribution in [2.75, 3.05) is 13.7 Å². The lowest BCUT2D eigenvalue weighted by atomic mass is 9.96. The van der Waals surface area contributed by atoms with Crippen LogP contribution in [-0.2, 0) is 9.53 Å². The van der Waals surface area contributed by atoms with Gasteiger partial charge in [0, 0.05) is 26.9 Å². The maximum atomic E-state index is 14.1. The van der Waals surface area contributed by atoms with E-state index in [1.54, 1.807) is 63.4 Å². The highest BCUT2D eigenvalue weighted by Crippen LogP contribution is 2.36. The molecule has 0 unspecified atom stereocenters. The summed E-state index contributed by atoms with van der Waals surface area (Å²) in [6.45, 7) is 3.57. The van der Waals surface area contributed by atoms with Gasteiger partial charge in [0.2, 0.25) is 0 Å². The zero-order valence-electron chi connectivity index (χ0n) is 23.0. The van der Waals surface area contributed by atoms with Gasteiger partial charge in [0.15, 0.2) is 4.80 Å². The summed E-state index contributed by atoms with van der Waals surface area (Å²) < 4.78 is 13.1. The molecule has 3 aromatic carbocycles. The Balaban J connectivity index is 1.71. The molecule has 0 amide bonds. The molecule has 1 aliphatic rings. The third kappa shape index (κ3) is 6.32. The molecule has 4 aromatic rings. The van der Waals surface area contributed by atoms with Crippen molar-refractivity contribution in [3.63, 3.8) is 0 Å². The maximum absolute atomic E-state index is 14.1. The second-order valence-corrected chi connectivity index (χ2v) is 12.6. The third-order valence-corrected chi connectivity index (χ3v) is 9.50. The number of ether oxygens (including phenoxy) is 2. The molecule has 0 radical (unpaired) electrons. The number of aromatic nitrogens is 1. The predicted molar refractivity (Wildman–Crippen MR) is 170 cm³/mol. The summed E-state index contributed by atoms with van der Waals surface area (Å²) in [5.41, 5.74) is 1.30. The minimum Gasteiger partial charge on any atom is -0.496 e. The lowest BCUT2D eigenvalue weighted by Crippen LogP contribution is -2.40. The van der Waals surface area contributed by atoms with Gasteiger partial charge in [0.25, 0.3) is 11.2 Å². The van der Waals surface area contributed by atoms with E-state index in [4.69, 9.17) is 21.1 Å². The number of fused-ring (bicyclic) bond motifs is 1. The fourth-order valence-electron chi connectivity index (χ4n) is 4.59. The van der Waals surface area contributed by atoms with Crippen LogP contribution in [0.1, 0.15) is 31.0 Å². The fourth-order valence-corrected chi connectivity index (χ4v) is 7.21. The van der Waals surface area contributed by atoms with Gasteiger partial charge in [0.1, 0.15) is 5.75 Å². The van der Waals surface area contributed by atoms with Crippen molar-refractivity contribution in [2.24, 2.45) is 4.99 Å². The highest BCUT2D eigenvalue weighted by atomic mass is 79.9. The number of nitro groups is 1. The average molecular weight is 701 g/mol. The van der Waals surface area contributed by atoms with E-state index in [0.717, 1.165) is 16.2 Å². The van der Waals surface area contributed by atoms with Crippen LogP contribution in [0.4, 0.5) is 5.69 Å². The minimum atomic E-state index is -0.826. The van der Waals surface area contributed by atoms with Crippen molar-refractivity contribution in [1.29, 1.82) is 0 Å². The number of non-ortho nitro benzene ring substituents is 1. The van der Waals surface area contributed by atoms with Crippen LogP contribution < -0.4 is 19.6 Å². The quantitative estimate of drug-likeness (QED) is 0.121. The van der Waals surface area contributed by atoms with Crippen LogP contribution in [0.5, 0.6) is 5.75 Å². The van der Waals surface area contributed by atoms with Crippen molar-refractivity contribution in [3.8, 4) is 5.75 Å². The highest BCUT2D eigenvalue weighted by Gasteiger charge is 2.33. The first-order valence-electron chi connectivity index (χ1n) is 12.9. The minimum absolute atomic E-state index is 0.110. The molecular formula is C30H23BrClN3O6S2. The van der Waals surface area contributed by atoms with Crippen LogP contribution in [0.3, 0.4) is 0 Å². The summed E-state index contributed by atoms with van der Waals surface area (Å²) in [6, 6.07) is 16.2. The SMILES string of the molecule is CCOC(=O)C1=C(C)N=c2s/c(=C\c3cc([N+](=O)[O-])ccc3Sc3ccc(Cl)cc3)c(=O)n2[C@@H]1c1ccc(OC)c(Br)c1. The van der Waals surface area contributed by atoms with Crippen LogP contribution in [-0.4, -0.2) is 29.2 Å². The van der Waals surface area contributed by atoms with Gasteiger partial charge in [-0.2, -0.15) is 0 Å². The van der Waals surface area contributed by atoms with E-state index in [9.17, 15) is 19.7 Å². The monoisotopic (exact) mass is 699 g/mol. The molecule has 13 heteroatoms. The first-order chi connectivity index (χ1) is 20.6. The molecule has 0 saturated carbocycles. The van der Waals surface area contributed by atoms with Gasteiger partial charge in [0.05, 0.1) is 45.0 Å². The standard InChI is InChI=1S/C30H23BrClN3O6S2/c1-4-41-29(37)26-16(2)33-30-34(27(26)17-5-11-23(40-3)22(31)14-17)28(36)25(43-30)15-18-13-20(35(38)39)8-12-24(18)42-21-9-6-19(32)7-10-21/h5-15,27H,4H2,1-3H3/b25-15-/t27-/m1/s1. The number of nitro benzene ring substituents is 1. The molecule has 1 aliphatic heterocycles. The van der Waals surface area contributed by atoms with E-state index in [-0.39, 0.29) is 17.9 Å². The summed E-state index contributed by atoms with van der Waals surface area (Å²) in [6.07, 6.45) is 1.62. The van der Waals surface area contributed by atoms with Crippen LogP contribution >= 0.6 is 50.6 Å². The molecule has 1 atom stereocenters. The van der Waals surface area contributed by atoms with Crippen LogP contribution in [0, 0.1) is 10.1 Å². The third-order valence-electron chi connectivity index (χ3n) is 6.54. The van der Waals surface area contributed by atoms with E-state index >= 15 is 0 Å². The number of esters is 1. The second-order valence-electron chi connectivity index (χ2n) is 9.23. The van der Waals surface area contributed by atoms with Gasteiger partial charge < -0.3 is 9.47 Å². The van der Waals surface area contributed by atoms with Crippen molar-refractivity contribution >= 4 is 68.4 Å². The molecule has 0 fully saturated rings. The number of hydrogen-bond donors (Lipinski definition) is 0.